The van der Waals surface area contributed by atoms with Crippen LogP contribution in [-0.4, -0.2) is 38.7 Å². The van der Waals surface area contributed by atoms with Crippen LogP contribution in [0.25, 0.3) is 0 Å². The predicted octanol–water partition coefficient (Wildman–Crippen LogP) is -5.28. The first kappa shape index (κ1) is 28.8. The first-order chi connectivity index (χ1) is 12.5. The van der Waals surface area contributed by atoms with Gasteiger partial charge in [-0.05, 0) is 29.8 Å². The van der Waals surface area contributed by atoms with Gasteiger partial charge in [0.2, 0.25) is 20.8 Å². The van der Waals surface area contributed by atoms with Crippen LogP contribution in [0.5, 0.6) is 5.75 Å². The summed E-state index contributed by atoms with van der Waals surface area (Å²) in [5.41, 5.74) is 6.30. The van der Waals surface area contributed by atoms with E-state index in [4.69, 9.17) is 10.5 Å². The molecule has 0 amide bonds. The fourth-order valence-corrected chi connectivity index (χ4v) is 2.92. The molecule has 0 aromatic heterocycles. The maximum absolute atomic E-state index is 11.1. The average Bonchev–Trinajstić information content (AvgIpc) is 2.57. The summed E-state index contributed by atoms with van der Waals surface area (Å²) in [5.74, 6) is 0.265. The molecule has 2 unspecified atom stereocenters. The number of rotatable bonds is 9. The minimum atomic E-state index is -5.28. The smallest absolute Gasteiger partial charge is 0.726 e. The molecule has 0 saturated carbocycles. The topological polar surface area (TPSA) is 168 Å². The van der Waals surface area contributed by atoms with Crippen LogP contribution in [0.4, 0.5) is 5.69 Å². The Hall–Kier alpha value is -0.220. The van der Waals surface area contributed by atoms with Gasteiger partial charge in [0.05, 0.1) is 6.61 Å². The molecule has 148 valence electrons. The van der Waals surface area contributed by atoms with Gasteiger partial charge in [0, 0.05) is 5.69 Å². The Morgan fingerprint density at radius 2 is 1.41 bits per heavy atom. The second-order valence-electron chi connectivity index (χ2n) is 5.25. The molecular formula is C15H15NNa2O9S2. The summed E-state index contributed by atoms with van der Waals surface area (Å²) in [6.45, 7) is -1.06. The van der Waals surface area contributed by atoms with E-state index < -0.39 is 39.6 Å². The van der Waals surface area contributed by atoms with Gasteiger partial charge >= 0.3 is 59.1 Å². The second-order valence-corrected chi connectivity index (χ2v) is 7.32. The van der Waals surface area contributed by atoms with Crippen LogP contribution >= 0.6 is 0 Å². The summed E-state index contributed by atoms with van der Waals surface area (Å²) in [5, 5.41) is 0. The van der Waals surface area contributed by atoms with Gasteiger partial charge in [-0.25, -0.2) is 16.8 Å². The standard InChI is InChI=1S/C15H17NO9S2.2Na/c16-12-8-6-11(7-9-12)15(24-13-4-2-1-3-5-13)14(25-27(20,21)22)10-23-26(17,18)19;;/h1-9,14-15H,10,16H2,(H,17,18,19)(H,20,21,22);;/q;2*+1/p-2. The van der Waals surface area contributed by atoms with Gasteiger partial charge in [-0.3, -0.25) is 8.37 Å². The molecular weight excluding hydrogens is 448 g/mol. The summed E-state index contributed by atoms with van der Waals surface area (Å²) in [6, 6.07) is 13.9. The maximum Gasteiger partial charge on any atom is 1.00 e. The Kier molecular flexibility index (Phi) is 12.5. The summed E-state index contributed by atoms with van der Waals surface area (Å²) in [7, 11) is -10.4. The monoisotopic (exact) mass is 463 g/mol. The second kappa shape index (κ2) is 12.6. The molecule has 2 rings (SSSR count). The molecule has 0 radical (unpaired) electrons. The molecule has 0 spiro atoms. The number of hydrogen-bond donors (Lipinski definition) is 1. The maximum atomic E-state index is 11.1. The first-order valence-corrected chi connectivity index (χ1v) is 10.0. The van der Waals surface area contributed by atoms with Gasteiger partial charge in [-0.1, -0.05) is 30.3 Å². The Labute approximate surface area is 213 Å². The zero-order valence-corrected chi connectivity index (χ0v) is 21.3. The van der Waals surface area contributed by atoms with Gasteiger partial charge < -0.3 is 19.6 Å². The van der Waals surface area contributed by atoms with Gasteiger partial charge in [0.25, 0.3) is 0 Å². The molecule has 0 aliphatic rings. The predicted molar refractivity (Wildman–Crippen MR) is 90.9 cm³/mol. The van der Waals surface area contributed by atoms with Crippen molar-refractivity contribution in [3.63, 3.8) is 0 Å². The SMILES string of the molecule is Nc1ccc(C(Oc2ccccc2)C(COS(=O)(=O)[O-])OS(=O)(=O)[O-])cc1.[Na+].[Na+]. The van der Waals surface area contributed by atoms with Crippen LogP contribution in [-0.2, 0) is 29.2 Å². The van der Waals surface area contributed by atoms with Gasteiger partial charge in [-0.15, -0.1) is 0 Å². The van der Waals surface area contributed by atoms with E-state index in [0.29, 0.717) is 11.3 Å². The average molecular weight is 463 g/mol. The van der Waals surface area contributed by atoms with Crippen LogP contribution in [0.2, 0.25) is 0 Å². The minimum absolute atomic E-state index is 0. The van der Waals surface area contributed by atoms with Gasteiger partial charge in [-0.2, -0.15) is 0 Å². The quantitative estimate of drug-likeness (QED) is 0.164. The molecule has 2 aromatic carbocycles. The molecule has 14 heteroatoms. The number of nitrogen functional groups attached to an aromatic ring is 1. The number of anilines is 1. The molecule has 2 aromatic rings. The van der Waals surface area contributed by atoms with Crippen molar-refractivity contribution < 1.29 is 98.2 Å². The molecule has 0 heterocycles. The fourth-order valence-electron chi connectivity index (χ4n) is 2.16. The van der Waals surface area contributed by atoms with E-state index in [2.05, 4.69) is 8.37 Å². The third kappa shape index (κ3) is 11.1. The zero-order chi connectivity index (χ0) is 20.1. The summed E-state index contributed by atoms with van der Waals surface area (Å²) < 4.78 is 79.6. The van der Waals surface area contributed by atoms with Crippen molar-refractivity contribution in [2.45, 2.75) is 12.2 Å². The molecule has 2 N–H and O–H groups in total. The Morgan fingerprint density at radius 3 is 1.90 bits per heavy atom. The molecule has 0 saturated heterocycles. The van der Waals surface area contributed by atoms with Crippen molar-refractivity contribution in [3.05, 3.63) is 60.2 Å². The third-order valence-electron chi connectivity index (χ3n) is 3.23. The van der Waals surface area contributed by atoms with Gasteiger partial charge in [0.15, 0.2) is 6.10 Å². The van der Waals surface area contributed by atoms with Crippen LogP contribution in [0.3, 0.4) is 0 Å². The summed E-state index contributed by atoms with van der Waals surface area (Å²) >= 11 is 0. The van der Waals surface area contributed by atoms with Crippen molar-refractivity contribution in [2.75, 3.05) is 12.3 Å². The first-order valence-electron chi connectivity index (χ1n) is 7.35. The number of hydrogen-bond acceptors (Lipinski definition) is 10. The van der Waals surface area contributed by atoms with Crippen molar-refractivity contribution >= 4 is 26.5 Å². The van der Waals surface area contributed by atoms with E-state index >= 15 is 0 Å². The molecule has 0 aliphatic heterocycles. The molecule has 29 heavy (non-hydrogen) atoms. The minimum Gasteiger partial charge on any atom is -0.726 e. The normalized spacial score (nSPS) is 13.4. The number of para-hydroxylation sites is 1. The fraction of sp³-hybridized carbons (Fsp3) is 0.200. The molecule has 0 bridgehead atoms. The van der Waals surface area contributed by atoms with Gasteiger partial charge in [0.1, 0.15) is 11.9 Å². The Bertz CT molecular complexity index is 955. The number of nitrogens with two attached hydrogens (primary N) is 1. The number of benzene rings is 2. The van der Waals surface area contributed by atoms with Crippen LogP contribution in [0.1, 0.15) is 11.7 Å². The molecule has 2 atom stereocenters. The van der Waals surface area contributed by atoms with E-state index in [1.165, 1.54) is 36.4 Å². The summed E-state index contributed by atoms with van der Waals surface area (Å²) in [6.07, 6.45) is -3.07. The Morgan fingerprint density at radius 1 is 0.862 bits per heavy atom. The molecule has 0 aliphatic carbocycles. The van der Waals surface area contributed by atoms with E-state index in [1.807, 2.05) is 0 Å². The molecule has 0 fully saturated rings. The third-order valence-corrected chi connectivity index (χ3v) is 4.13. The summed E-state index contributed by atoms with van der Waals surface area (Å²) in [4.78, 5) is 0. The van der Waals surface area contributed by atoms with Crippen molar-refractivity contribution in [3.8, 4) is 5.75 Å². The molecule has 10 nitrogen and oxygen atoms in total. The van der Waals surface area contributed by atoms with Crippen LogP contribution < -0.4 is 69.6 Å². The van der Waals surface area contributed by atoms with Crippen molar-refractivity contribution in [1.29, 1.82) is 0 Å². The zero-order valence-electron chi connectivity index (χ0n) is 15.6. The Balaban J connectivity index is 0.00000392. The van der Waals surface area contributed by atoms with Crippen molar-refractivity contribution in [2.24, 2.45) is 0 Å². The van der Waals surface area contributed by atoms with E-state index in [1.54, 1.807) is 18.2 Å². The van der Waals surface area contributed by atoms with Crippen LogP contribution in [0.15, 0.2) is 54.6 Å². The van der Waals surface area contributed by atoms with Crippen molar-refractivity contribution in [1.82, 2.24) is 0 Å². The van der Waals surface area contributed by atoms with E-state index in [-0.39, 0.29) is 64.9 Å². The largest absolute Gasteiger partial charge is 1.00 e. The van der Waals surface area contributed by atoms with E-state index in [0.717, 1.165) is 0 Å². The van der Waals surface area contributed by atoms with Crippen LogP contribution in [0, 0.1) is 0 Å². The van der Waals surface area contributed by atoms with E-state index in [9.17, 15) is 25.9 Å². The number of ether oxygens (including phenoxy) is 1.